The Morgan fingerprint density at radius 1 is 1.33 bits per heavy atom. The standard InChI is InChI=1S/C12H21NOS/c1-4-11-5-6-12(15-11)7-10(14)8-13-9(2)3/h5-6,9-10,13-14H,4,7-8H2,1-3H3. The fourth-order valence-corrected chi connectivity index (χ4v) is 2.43. The summed E-state index contributed by atoms with van der Waals surface area (Å²) in [7, 11) is 0. The van der Waals surface area contributed by atoms with Crippen molar-refractivity contribution in [2.24, 2.45) is 0 Å². The van der Waals surface area contributed by atoms with Crippen molar-refractivity contribution in [1.82, 2.24) is 5.32 Å². The summed E-state index contributed by atoms with van der Waals surface area (Å²) in [5.74, 6) is 0. The number of aliphatic hydroxyl groups excluding tert-OH is 1. The minimum absolute atomic E-state index is 0.268. The molecular weight excluding hydrogens is 206 g/mol. The highest BCUT2D eigenvalue weighted by Crippen LogP contribution is 2.18. The Labute approximate surface area is 96.3 Å². The van der Waals surface area contributed by atoms with Crippen LogP contribution in [0.2, 0.25) is 0 Å². The van der Waals surface area contributed by atoms with Gasteiger partial charge in [0.2, 0.25) is 0 Å². The minimum Gasteiger partial charge on any atom is -0.391 e. The first-order valence-corrected chi connectivity index (χ1v) is 6.42. The summed E-state index contributed by atoms with van der Waals surface area (Å²) < 4.78 is 0. The van der Waals surface area contributed by atoms with Crippen molar-refractivity contribution in [3.05, 3.63) is 21.9 Å². The van der Waals surface area contributed by atoms with Gasteiger partial charge in [0, 0.05) is 28.8 Å². The molecular formula is C12H21NOS. The highest BCUT2D eigenvalue weighted by atomic mass is 32.1. The molecule has 1 heterocycles. The van der Waals surface area contributed by atoms with Gasteiger partial charge in [-0.3, -0.25) is 0 Å². The van der Waals surface area contributed by atoms with E-state index in [2.05, 4.69) is 38.2 Å². The van der Waals surface area contributed by atoms with Crippen LogP contribution in [0, 0.1) is 0 Å². The van der Waals surface area contributed by atoms with Crippen molar-refractivity contribution < 1.29 is 5.11 Å². The van der Waals surface area contributed by atoms with Crippen LogP contribution in [0.3, 0.4) is 0 Å². The molecule has 0 spiro atoms. The number of rotatable bonds is 6. The molecule has 0 aliphatic rings. The Morgan fingerprint density at radius 2 is 2.00 bits per heavy atom. The van der Waals surface area contributed by atoms with Crippen LogP contribution >= 0.6 is 11.3 Å². The second-order valence-electron chi connectivity index (χ2n) is 4.14. The van der Waals surface area contributed by atoms with Gasteiger partial charge in [-0.15, -0.1) is 11.3 Å². The van der Waals surface area contributed by atoms with E-state index >= 15 is 0 Å². The van der Waals surface area contributed by atoms with E-state index in [1.54, 1.807) is 0 Å². The van der Waals surface area contributed by atoms with Crippen LogP contribution in [-0.2, 0) is 12.8 Å². The lowest BCUT2D eigenvalue weighted by Crippen LogP contribution is -2.32. The molecule has 0 saturated carbocycles. The molecule has 3 heteroatoms. The predicted molar refractivity (Wildman–Crippen MR) is 66.5 cm³/mol. The number of aliphatic hydroxyl groups is 1. The molecule has 0 saturated heterocycles. The Bertz CT molecular complexity index is 283. The van der Waals surface area contributed by atoms with Crippen LogP contribution in [-0.4, -0.2) is 23.8 Å². The van der Waals surface area contributed by atoms with Gasteiger partial charge in [0.25, 0.3) is 0 Å². The maximum atomic E-state index is 9.78. The number of hydrogen-bond acceptors (Lipinski definition) is 3. The molecule has 0 aliphatic heterocycles. The topological polar surface area (TPSA) is 32.3 Å². The second kappa shape index (κ2) is 6.26. The lowest BCUT2D eigenvalue weighted by atomic mass is 10.2. The molecule has 0 aromatic carbocycles. The summed E-state index contributed by atoms with van der Waals surface area (Å²) in [5.41, 5.74) is 0. The van der Waals surface area contributed by atoms with E-state index in [0.29, 0.717) is 12.6 Å². The summed E-state index contributed by atoms with van der Waals surface area (Å²) in [6.07, 6.45) is 1.59. The van der Waals surface area contributed by atoms with Gasteiger partial charge >= 0.3 is 0 Å². The summed E-state index contributed by atoms with van der Waals surface area (Å²) >= 11 is 1.81. The monoisotopic (exact) mass is 227 g/mol. The molecule has 0 fully saturated rings. The number of thiophene rings is 1. The summed E-state index contributed by atoms with van der Waals surface area (Å²) in [6.45, 7) is 7.02. The molecule has 15 heavy (non-hydrogen) atoms. The van der Waals surface area contributed by atoms with Crippen LogP contribution in [0.5, 0.6) is 0 Å². The maximum absolute atomic E-state index is 9.78. The minimum atomic E-state index is -0.268. The van der Waals surface area contributed by atoms with Gasteiger partial charge in [-0.1, -0.05) is 20.8 Å². The van der Waals surface area contributed by atoms with Gasteiger partial charge in [0.1, 0.15) is 0 Å². The normalized spacial score (nSPS) is 13.4. The van der Waals surface area contributed by atoms with Crippen molar-refractivity contribution in [3.8, 4) is 0 Å². The quantitative estimate of drug-likeness (QED) is 0.781. The van der Waals surface area contributed by atoms with Crippen molar-refractivity contribution in [1.29, 1.82) is 0 Å². The predicted octanol–water partition coefficient (Wildman–Crippen LogP) is 2.21. The van der Waals surface area contributed by atoms with E-state index < -0.39 is 0 Å². The molecule has 0 radical (unpaired) electrons. The van der Waals surface area contributed by atoms with Crippen LogP contribution < -0.4 is 5.32 Å². The van der Waals surface area contributed by atoms with Crippen LogP contribution in [0.4, 0.5) is 0 Å². The molecule has 1 atom stereocenters. The first-order chi connectivity index (χ1) is 7.11. The average molecular weight is 227 g/mol. The van der Waals surface area contributed by atoms with E-state index in [1.165, 1.54) is 9.75 Å². The smallest absolute Gasteiger partial charge is 0.0712 e. The zero-order valence-corrected chi connectivity index (χ0v) is 10.6. The highest BCUT2D eigenvalue weighted by molar-refractivity contribution is 7.11. The Morgan fingerprint density at radius 3 is 2.53 bits per heavy atom. The first kappa shape index (κ1) is 12.7. The van der Waals surface area contributed by atoms with Gasteiger partial charge in [-0.2, -0.15) is 0 Å². The first-order valence-electron chi connectivity index (χ1n) is 5.60. The molecule has 1 rings (SSSR count). The van der Waals surface area contributed by atoms with E-state index in [9.17, 15) is 5.11 Å². The van der Waals surface area contributed by atoms with Crippen LogP contribution in [0.1, 0.15) is 30.5 Å². The number of aryl methyl sites for hydroxylation is 1. The third kappa shape index (κ3) is 4.78. The molecule has 1 aromatic rings. The van der Waals surface area contributed by atoms with E-state index in [-0.39, 0.29) is 6.10 Å². The molecule has 0 bridgehead atoms. The van der Waals surface area contributed by atoms with Crippen molar-refractivity contribution >= 4 is 11.3 Å². The van der Waals surface area contributed by atoms with Gasteiger partial charge in [0.05, 0.1) is 6.10 Å². The van der Waals surface area contributed by atoms with Crippen molar-refractivity contribution in [3.63, 3.8) is 0 Å². The van der Waals surface area contributed by atoms with E-state index in [4.69, 9.17) is 0 Å². The lowest BCUT2D eigenvalue weighted by molar-refractivity contribution is 0.170. The third-order valence-corrected chi connectivity index (χ3v) is 3.52. The lowest BCUT2D eigenvalue weighted by Gasteiger charge is -2.12. The Kier molecular flexibility index (Phi) is 5.29. The van der Waals surface area contributed by atoms with Gasteiger partial charge in [-0.05, 0) is 18.6 Å². The van der Waals surface area contributed by atoms with E-state index in [0.717, 1.165) is 12.8 Å². The number of hydrogen-bond donors (Lipinski definition) is 2. The summed E-state index contributed by atoms with van der Waals surface area (Å²) in [4.78, 5) is 2.68. The largest absolute Gasteiger partial charge is 0.391 e. The molecule has 0 aliphatic carbocycles. The fourth-order valence-electron chi connectivity index (χ4n) is 1.40. The molecule has 1 unspecified atom stereocenters. The van der Waals surface area contributed by atoms with Crippen LogP contribution in [0.15, 0.2) is 12.1 Å². The Hall–Kier alpha value is -0.380. The molecule has 2 N–H and O–H groups in total. The maximum Gasteiger partial charge on any atom is 0.0712 e. The SMILES string of the molecule is CCc1ccc(CC(O)CNC(C)C)s1. The van der Waals surface area contributed by atoms with E-state index in [1.807, 2.05) is 11.3 Å². The Balaban J connectivity index is 2.33. The third-order valence-electron chi connectivity index (χ3n) is 2.26. The summed E-state index contributed by atoms with van der Waals surface area (Å²) in [5, 5.41) is 13.0. The zero-order valence-electron chi connectivity index (χ0n) is 9.79. The highest BCUT2D eigenvalue weighted by Gasteiger charge is 2.07. The van der Waals surface area contributed by atoms with Gasteiger partial charge in [0.15, 0.2) is 0 Å². The second-order valence-corrected chi connectivity index (χ2v) is 5.40. The number of nitrogens with one attached hydrogen (secondary N) is 1. The van der Waals surface area contributed by atoms with Gasteiger partial charge in [-0.25, -0.2) is 0 Å². The van der Waals surface area contributed by atoms with Crippen molar-refractivity contribution in [2.75, 3.05) is 6.54 Å². The van der Waals surface area contributed by atoms with Gasteiger partial charge < -0.3 is 10.4 Å². The van der Waals surface area contributed by atoms with Crippen LogP contribution in [0.25, 0.3) is 0 Å². The average Bonchev–Trinajstić information content (AvgIpc) is 2.62. The summed E-state index contributed by atoms with van der Waals surface area (Å²) in [6, 6.07) is 4.72. The molecule has 1 aromatic heterocycles. The molecule has 0 amide bonds. The fraction of sp³-hybridized carbons (Fsp3) is 0.667. The zero-order chi connectivity index (χ0) is 11.3. The molecule has 2 nitrogen and oxygen atoms in total. The molecule has 86 valence electrons. The van der Waals surface area contributed by atoms with Crippen molar-refractivity contribution in [2.45, 2.75) is 45.8 Å².